The van der Waals surface area contributed by atoms with E-state index in [0.717, 1.165) is 29.7 Å². The lowest BCUT2D eigenvalue weighted by molar-refractivity contribution is 0.405. The van der Waals surface area contributed by atoms with Crippen molar-refractivity contribution in [1.82, 2.24) is 15.2 Å². The lowest BCUT2D eigenvalue weighted by atomic mass is 9.90. The molecule has 0 fully saturated rings. The Morgan fingerprint density at radius 1 is 1.17 bits per heavy atom. The van der Waals surface area contributed by atoms with Crippen molar-refractivity contribution in [3.05, 3.63) is 16.9 Å². The maximum absolute atomic E-state index is 4.49. The molecule has 2 rings (SSSR count). The molecule has 0 bridgehead atoms. The van der Waals surface area contributed by atoms with Gasteiger partial charge in [0.2, 0.25) is 0 Å². The van der Waals surface area contributed by atoms with Crippen molar-refractivity contribution in [3.8, 4) is 0 Å². The van der Waals surface area contributed by atoms with Gasteiger partial charge in [-0.05, 0) is 24.2 Å². The van der Waals surface area contributed by atoms with Gasteiger partial charge < -0.3 is 0 Å². The van der Waals surface area contributed by atoms with Gasteiger partial charge in [0.05, 0.1) is 21.6 Å². The Balaban J connectivity index is 2.44. The molecule has 0 amide bonds. The van der Waals surface area contributed by atoms with Crippen LogP contribution in [0.2, 0.25) is 0 Å². The summed E-state index contributed by atoms with van der Waals surface area (Å²) in [5.41, 5.74) is 5.31. The summed E-state index contributed by atoms with van der Waals surface area (Å²) in [7, 11) is 0. The molecule has 0 unspecified atom stereocenters. The molecule has 0 radical (unpaired) electrons. The first-order valence-electron chi connectivity index (χ1n) is 6.44. The highest BCUT2D eigenvalue weighted by Gasteiger charge is 2.18. The lowest BCUT2D eigenvalue weighted by Crippen LogP contribution is -2.12. The normalized spacial score (nSPS) is 12.6. The zero-order valence-corrected chi connectivity index (χ0v) is 12.6. The van der Waals surface area contributed by atoms with Crippen LogP contribution < -0.4 is 0 Å². The summed E-state index contributed by atoms with van der Waals surface area (Å²) < 4.78 is 1.22. The van der Waals surface area contributed by atoms with Gasteiger partial charge in [-0.25, -0.2) is 4.98 Å². The smallest absolute Gasteiger partial charge is 0.106 e. The molecule has 0 N–H and O–H groups in total. The third-order valence-corrected chi connectivity index (χ3v) is 3.57. The number of nitrogens with zero attached hydrogens (tertiary/aromatic N) is 3. The van der Waals surface area contributed by atoms with Crippen LogP contribution in [0.1, 0.15) is 46.0 Å². The third-order valence-electron chi connectivity index (χ3n) is 2.69. The van der Waals surface area contributed by atoms with Gasteiger partial charge in [0.1, 0.15) is 5.52 Å². The fourth-order valence-corrected chi connectivity index (χ4v) is 2.82. The summed E-state index contributed by atoms with van der Waals surface area (Å²) in [6.07, 6.45) is 1.89. The molecular formula is C14H21N3S. The van der Waals surface area contributed by atoms with Crippen LogP contribution in [0.4, 0.5) is 0 Å². The Labute approximate surface area is 113 Å². The van der Waals surface area contributed by atoms with Crippen LogP contribution in [0.5, 0.6) is 0 Å². The summed E-state index contributed by atoms with van der Waals surface area (Å²) in [6, 6.07) is 0. The van der Waals surface area contributed by atoms with Gasteiger partial charge in [-0.2, -0.15) is 10.2 Å². The summed E-state index contributed by atoms with van der Waals surface area (Å²) >= 11 is 1.68. The van der Waals surface area contributed by atoms with E-state index in [-0.39, 0.29) is 5.41 Å². The van der Waals surface area contributed by atoms with E-state index in [2.05, 4.69) is 49.8 Å². The molecule has 4 heteroatoms. The van der Waals surface area contributed by atoms with Gasteiger partial charge in [-0.1, -0.05) is 34.6 Å². The van der Waals surface area contributed by atoms with Crippen LogP contribution >= 0.6 is 11.3 Å². The van der Waals surface area contributed by atoms with E-state index in [1.54, 1.807) is 11.3 Å². The molecule has 0 spiro atoms. The van der Waals surface area contributed by atoms with Crippen LogP contribution in [0.25, 0.3) is 10.2 Å². The van der Waals surface area contributed by atoms with Crippen molar-refractivity contribution < 1.29 is 0 Å². The Morgan fingerprint density at radius 2 is 1.83 bits per heavy atom. The molecule has 0 aliphatic heterocycles. The number of fused-ring (bicyclic) bond motifs is 1. The first kappa shape index (κ1) is 13.4. The zero-order chi connectivity index (χ0) is 13.3. The van der Waals surface area contributed by atoms with Crippen molar-refractivity contribution in [3.63, 3.8) is 0 Å². The maximum Gasteiger partial charge on any atom is 0.106 e. The van der Waals surface area contributed by atoms with E-state index in [1.165, 1.54) is 4.70 Å². The number of hydrogen-bond acceptors (Lipinski definition) is 4. The monoisotopic (exact) mass is 263 g/mol. The zero-order valence-electron chi connectivity index (χ0n) is 11.8. The molecule has 0 aliphatic rings. The molecule has 0 saturated heterocycles. The highest BCUT2D eigenvalue weighted by Crippen LogP contribution is 2.28. The number of rotatable bonds is 3. The highest BCUT2D eigenvalue weighted by molar-refractivity contribution is 7.16. The van der Waals surface area contributed by atoms with Gasteiger partial charge in [0.15, 0.2) is 0 Å². The van der Waals surface area contributed by atoms with Gasteiger partial charge >= 0.3 is 0 Å². The molecule has 0 aliphatic carbocycles. The van der Waals surface area contributed by atoms with Gasteiger partial charge in [0, 0.05) is 0 Å². The molecule has 0 saturated carbocycles. The van der Waals surface area contributed by atoms with Crippen molar-refractivity contribution in [2.45, 2.75) is 47.5 Å². The van der Waals surface area contributed by atoms with Crippen LogP contribution in [0, 0.1) is 11.3 Å². The van der Waals surface area contributed by atoms with Gasteiger partial charge in [0.25, 0.3) is 0 Å². The van der Waals surface area contributed by atoms with E-state index >= 15 is 0 Å². The first-order valence-corrected chi connectivity index (χ1v) is 7.32. The number of aromatic nitrogens is 3. The van der Waals surface area contributed by atoms with Crippen molar-refractivity contribution >= 4 is 21.6 Å². The number of hydrogen-bond donors (Lipinski definition) is 0. The molecule has 0 atom stereocenters. The summed E-state index contributed by atoms with van der Waals surface area (Å²) in [5.74, 6) is 0.595. The fourth-order valence-electron chi connectivity index (χ4n) is 2.01. The second-order valence-corrected chi connectivity index (χ2v) is 7.31. The van der Waals surface area contributed by atoms with E-state index < -0.39 is 0 Å². The Kier molecular flexibility index (Phi) is 3.66. The second-order valence-electron chi connectivity index (χ2n) is 6.46. The minimum absolute atomic E-state index is 0.213. The molecule has 2 aromatic rings. The van der Waals surface area contributed by atoms with E-state index in [4.69, 9.17) is 0 Å². The van der Waals surface area contributed by atoms with Gasteiger partial charge in [-0.15, -0.1) is 11.3 Å². The van der Waals surface area contributed by atoms with Crippen LogP contribution in [-0.4, -0.2) is 15.2 Å². The van der Waals surface area contributed by atoms with Crippen molar-refractivity contribution in [2.24, 2.45) is 11.3 Å². The average Bonchev–Trinajstić information content (AvgIpc) is 2.68. The average molecular weight is 263 g/mol. The SMILES string of the molecule is CC(C)Cc1nnc(CC(C)(C)C)c2ncsc12. The molecule has 2 heterocycles. The van der Waals surface area contributed by atoms with Crippen LogP contribution in [0.15, 0.2) is 5.51 Å². The van der Waals surface area contributed by atoms with E-state index in [1.807, 2.05) is 5.51 Å². The largest absolute Gasteiger partial charge is 0.243 e. The van der Waals surface area contributed by atoms with Crippen LogP contribution in [0.3, 0.4) is 0 Å². The number of thiazole rings is 1. The maximum atomic E-state index is 4.49. The predicted octanol–water partition coefficient (Wildman–Crippen LogP) is 3.87. The minimum Gasteiger partial charge on any atom is -0.243 e. The third kappa shape index (κ3) is 3.05. The lowest BCUT2D eigenvalue weighted by Gasteiger charge is -2.17. The second kappa shape index (κ2) is 4.92. The first-order chi connectivity index (χ1) is 8.37. The molecule has 2 aromatic heterocycles. The minimum atomic E-state index is 0.213. The molecule has 98 valence electrons. The Bertz CT molecular complexity index is 537. The van der Waals surface area contributed by atoms with E-state index in [0.29, 0.717) is 5.92 Å². The van der Waals surface area contributed by atoms with Crippen molar-refractivity contribution in [2.75, 3.05) is 0 Å². The summed E-state index contributed by atoms with van der Waals surface area (Å²) in [4.78, 5) is 4.49. The Morgan fingerprint density at radius 3 is 2.44 bits per heavy atom. The van der Waals surface area contributed by atoms with E-state index in [9.17, 15) is 0 Å². The molecule has 0 aromatic carbocycles. The summed E-state index contributed by atoms with van der Waals surface area (Å²) in [5, 5.41) is 8.84. The van der Waals surface area contributed by atoms with Gasteiger partial charge in [-0.3, -0.25) is 0 Å². The quantitative estimate of drug-likeness (QED) is 0.843. The molecule has 18 heavy (non-hydrogen) atoms. The highest BCUT2D eigenvalue weighted by atomic mass is 32.1. The fraction of sp³-hybridized carbons (Fsp3) is 0.643. The molecule has 3 nitrogen and oxygen atoms in total. The predicted molar refractivity (Wildman–Crippen MR) is 76.9 cm³/mol. The van der Waals surface area contributed by atoms with Crippen LogP contribution in [-0.2, 0) is 12.8 Å². The summed E-state index contributed by atoms with van der Waals surface area (Å²) in [6.45, 7) is 11.1. The molecular weight excluding hydrogens is 242 g/mol. The Hall–Kier alpha value is -1.03. The van der Waals surface area contributed by atoms with Crippen molar-refractivity contribution in [1.29, 1.82) is 0 Å². The standard InChI is InChI=1S/C14H21N3S/c1-9(2)6-10-13-12(15-8-18-13)11(17-16-10)7-14(3,4)5/h8-9H,6-7H2,1-5H3. The topological polar surface area (TPSA) is 38.7 Å².